The van der Waals surface area contributed by atoms with Crippen molar-refractivity contribution in [1.82, 2.24) is 5.43 Å². The molecule has 0 aromatic heterocycles. The molecule has 0 aliphatic rings. The van der Waals surface area contributed by atoms with Crippen LogP contribution >= 0.6 is 15.9 Å². The van der Waals surface area contributed by atoms with Crippen LogP contribution in [0.3, 0.4) is 0 Å². The molecule has 0 unspecified atom stereocenters. The van der Waals surface area contributed by atoms with Gasteiger partial charge in [0.25, 0.3) is 17.5 Å². The molecule has 0 aliphatic carbocycles. The summed E-state index contributed by atoms with van der Waals surface area (Å²) in [5.74, 6) is -1.45. The van der Waals surface area contributed by atoms with Crippen LogP contribution in [-0.2, 0) is 0 Å². The number of anilines is 1. The van der Waals surface area contributed by atoms with E-state index in [2.05, 4.69) is 31.8 Å². The Hall–Kier alpha value is -5.16. The maximum atomic E-state index is 12.8. The zero-order valence-corrected chi connectivity index (χ0v) is 21.6. The predicted molar refractivity (Wildman–Crippen MR) is 148 cm³/mol. The number of halogens is 1. The molecule has 0 aliphatic heterocycles. The summed E-state index contributed by atoms with van der Waals surface area (Å²) in [4.78, 5) is 48.2. The van der Waals surface area contributed by atoms with Crippen molar-refractivity contribution < 1.29 is 24.0 Å². The summed E-state index contributed by atoms with van der Waals surface area (Å²) in [6.45, 7) is 0. The van der Waals surface area contributed by atoms with Crippen molar-refractivity contribution in [3.63, 3.8) is 0 Å². The van der Waals surface area contributed by atoms with Gasteiger partial charge in [0.05, 0.1) is 28.0 Å². The molecule has 2 amide bonds. The van der Waals surface area contributed by atoms with Crippen LogP contribution in [0.5, 0.6) is 5.75 Å². The molecule has 0 atom stereocenters. The summed E-state index contributed by atoms with van der Waals surface area (Å²) in [5.41, 5.74) is 3.61. The minimum absolute atomic E-state index is 0.139. The number of nitro benzene ring substituents is 1. The van der Waals surface area contributed by atoms with Crippen LogP contribution in [0.1, 0.15) is 36.6 Å². The number of nitro groups is 1. The summed E-state index contributed by atoms with van der Waals surface area (Å²) >= 11 is 3.32. The van der Waals surface area contributed by atoms with Gasteiger partial charge in [-0.2, -0.15) is 5.10 Å². The SMILES string of the molecule is O=C(Nc1ccccc1C(=O)N/N=C\c1ccccc1OC(=O)c1ccc(Br)cc1)c1ccc([N+](=O)[O-])cc1. The molecule has 2 N–H and O–H groups in total. The summed E-state index contributed by atoms with van der Waals surface area (Å²) in [6, 6.07) is 24.8. The fourth-order valence-corrected chi connectivity index (χ4v) is 3.63. The van der Waals surface area contributed by atoms with Crippen LogP contribution in [0.15, 0.2) is 107 Å². The fourth-order valence-electron chi connectivity index (χ4n) is 3.36. The highest BCUT2D eigenvalue weighted by Gasteiger charge is 2.15. The molecule has 10 nitrogen and oxygen atoms in total. The molecule has 0 spiro atoms. The number of hydrazone groups is 1. The first kappa shape index (κ1) is 26.9. The number of para-hydroxylation sites is 2. The van der Waals surface area contributed by atoms with E-state index in [0.717, 1.165) is 4.47 Å². The number of rotatable bonds is 8. The highest BCUT2D eigenvalue weighted by molar-refractivity contribution is 9.10. The summed E-state index contributed by atoms with van der Waals surface area (Å²) in [7, 11) is 0. The fraction of sp³-hybridized carbons (Fsp3) is 0. The average Bonchev–Trinajstić information content (AvgIpc) is 2.94. The molecule has 0 fully saturated rings. The van der Waals surface area contributed by atoms with Crippen LogP contribution in [0.2, 0.25) is 0 Å². The first-order valence-electron chi connectivity index (χ1n) is 11.4. The number of carbonyl (C=O) groups excluding carboxylic acids is 3. The van der Waals surface area contributed by atoms with Gasteiger partial charge in [-0.05, 0) is 60.7 Å². The van der Waals surface area contributed by atoms with E-state index in [-0.39, 0.29) is 28.3 Å². The third-order valence-corrected chi connectivity index (χ3v) is 5.86. The van der Waals surface area contributed by atoms with Gasteiger partial charge in [-0.3, -0.25) is 19.7 Å². The second kappa shape index (κ2) is 12.4. The van der Waals surface area contributed by atoms with E-state index in [1.165, 1.54) is 36.5 Å². The molecule has 194 valence electrons. The molecule has 39 heavy (non-hydrogen) atoms. The lowest BCUT2D eigenvalue weighted by Gasteiger charge is -2.10. The van der Waals surface area contributed by atoms with Gasteiger partial charge in [0.2, 0.25) is 0 Å². The number of nitrogens with one attached hydrogen (secondary N) is 2. The van der Waals surface area contributed by atoms with E-state index in [9.17, 15) is 24.5 Å². The normalized spacial score (nSPS) is 10.6. The smallest absolute Gasteiger partial charge is 0.343 e. The molecular weight excluding hydrogens is 568 g/mol. The largest absolute Gasteiger partial charge is 0.422 e. The number of ether oxygens (including phenoxy) is 1. The molecule has 0 bridgehead atoms. The average molecular weight is 587 g/mol. The summed E-state index contributed by atoms with van der Waals surface area (Å²) < 4.78 is 6.32. The van der Waals surface area contributed by atoms with Crippen LogP contribution in [0.4, 0.5) is 11.4 Å². The van der Waals surface area contributed by atoms with Crippen molar-refractivity contribution in [3.05, 3.63) is 134 Å². The van der Waals surface area contributed by atoms with Crippen LogP contribution in [0.25, 0.3) is 0 Å². The van der Waals surface area contributed by atoms with Crippen molar-refractivity contribution in [2.24, 2.45) is 5.10 Å². The van der Waals surface area contributed by atoms with Gasteiger partial charge < -0.3 is 10.1 Å². The van der Waals surface area contributed by atoms with E-state index in [1.807, 2.05) is 0 Å². The summed E-state index contributed by atoms with van der Waals surface area (Å²) in [5, 5.41) is 17.4. The molecule has 0 saturated heterocycles. The van der Waals surface area contributed by atoms with Crippen molar-refractivity contribution in [2.75, 3.05) is 5.32 Å². The molecule has 4 aromatic rings. The van der Waals surface area contributed by atoms with Gasteiger partial charge >= 0.3 is 5.97 Å². The van der Waals surface area contributed by atoms with Gasteiger partial charge in [0, 0.05) is 27.7 Å². The Morgan fingerprint density at radius 1 is 0.821 bits per heavy atom. The second-order valence-corrected chi connectivity index (χ2v) is 8.85. The highest BCUT2D eigenvalue weighted by atomic mass is 79.9. The van der Waals surface area contributed by atoms with Crippen molar-refractivity contribution in [3.8, 4) is 5.75 Å². The molecule has 0 saturated carbocycles. The Morgan fingerprint density at radius 2 is 1.46 bits per heavy atom. The van der Waals surface area contributed by atoms with Crippen LogP contribution < -0.4 is 15.5 Å². The second-order valence-electron chi connectivity index (χ2n) is 7.94. The van der Waals surface area contributed by atoms with E-state index in [0.29, 0.717) is 11.1 Å². The lowest BCUT2D eigenvalue weighted by atomic mass is 10.1. The lowest BCUT2D eigenvalue weighted by Crippen LogP contribution is -2.21. The number of hydrogen-bond donors (Lipinski definition) is 2. The number of esters is 1. The number of benzene rings is 4. The minimum atomic E-state index is -0.602. The van der Waals surface area contributed by atoms with Gasteiger partial charge in [0.1, 0.15) is 5.75 Å². The number of hydrogen-bond acceptors (Lipinski definition) is 7. The maximum Gasteiger partial charge on any atom is 0.343 e. The number of non-ortho nitro benzene ring substituents is 1. The lowest BCUT2D eigenvalue weighted by molar-refractivity contribution is -0.384. The van der Waals surface area contributed by atoms with Gasteiger partial charge in [-0.1, -0.05) is 40.2 Å². The highest BCUT2D eigenvalue weighted by Crippen LogP contribution is 2.20. The Bertz CT molecular complexity index is 1570. The van der Waals surface area contributed by atoms with Gasteiger partial charge in [0.15, 0.2) is 0 Å². The van der Waals surface area contributed by atoms with Crippen LogP contribution in [0, 0.1) is 10.1 Å². The monoisotopic (exact) mass is 586 g/mol. The Labute approximate surface area is 230 Å². The third-order valence-electron chi connectivity index (χ3n) is 5.33. The topological polar surface area (TPSA) is 140 Å². The van der Waals surface area contributed by atoms with Crippen molar-refractivity contribution in [1.29, 1.82) is 0 Å². The number of carbonyl (C=O) groups is 3. The zero-order chi connectivity index (χ0) is 27.8. The minimum Gasteiger partial charge on any atom is -0.422 e. The molecule has 4 aromatic carbocycles. The number of nitrogens with zero attached hydrogens (tertiary/aromatic N) is 2. The van der Waals surface area contributed by atoms with E-state index in [1.54, 1.807) is 66.7 Å². The molecule has 0 radical (unpaired) electrons. The van der Waals surface area contributed by atoms with Crippen molar-refractivity contribution >= 4 is 51.3 Å². The molecule has 0 heterocycles. The van der Waals surface area contributed by atoms with Gasteiger partial charge in [-0.25, -0.2) is 10.2 Å². The van der Waals surface area contributed by atoms with E-state index < -0.39 is 22.7 Å². The zero-order valence-electron chi connectivity index (χ0n) is 20.0. The maximum absolute atomic E-state index is 12.8. The van der Waals surface area contributed by atoms with E-state index >= 15 is 0 Å². The standard InChI is InChI=1S/C28H19BrN4O6/c29-21-13-9-19(10-14-21)28(36)39-25-8-4-1-5-20(25)17-30-32-27(35)23-6-2-3-7-24(23)31-26(34)18-11-15-22(16-12-18)33(37)38/h1-17H,(H,31,34)(H,32,35)/b30-17-. The molecule has 11 heteroatoms. The molecule has 4 rings (SSSR count). The van der Waals surface area contributed by atoms with Crippen LogP contribution in [-0.4, -0.2) is 28.9 Å². The Morgan fingerprint density at radius 3 is 2.18 bits per heavy atom. The van der Waals surface area contributed by atoms with Gasteiger partial charge in [-0.15, -0.1) is 0 Å². The predicted octanol–water partition coefficient (Wildman–Crippen LogP) is 5.59. The quantitative estimate of drug-likeness (QED) is 0.0906. The van der Waals surface area contributed by atoms with E-state index in [4.69, 9.17) is 4.74 Å². The third kappa shape index (κ3) is 6.99. The Kier molecular flexibility index (Phi) is 8.54. The Balaban J connectivity index is 1.43. The first-order valence-corrected chi connectivity index (χ1v) is 12.2. The first-order chi connectivity index (χ1) is 18.8. The molecular formula is C28H19BrN4O6. The number of amides is 2. The van der Waals surface area contributed by atoms with Crippen molar-refractivity contribution in [2.45, 2.75) is 0 Å². The summed E-state index contributed by atoms with van der Waals surface area (Å²) in [6.07, 6.45) is 1.33.